The number of aromatic nitrogens is 1. The molecule has 16 heavy (non-hydrogen) atoms. The third kappa shape index (κ3) is 2.46. The lowest BCUT2D eigenvalue weighted by Crippen LogP contribution is -2.47. The highest BCUT2D eigenvalue weighted by Crippen LogP contribution is 2.15. The monoisotopic (exact) mass is 277 g/mol. The maximum absolute atomic E-state index is 11.9. The number of rotatable bonds is 2. The van der Waals surface area contributed by atoms with E-state index in [4.69, 9.17) is 0 Å². The summed E-state index contributed by atoms with van der Waals surface area (Å²) in [5.74, 6) is -0.149. The summed E-state index contributed by atoms with van der Waals surface area (Å²) in [6.45, 7) is 0. The second kappa shape index (κ2) is 4.90. The zero-order valence-electron chi connectivity index (χ0n) is 8.43. The van der Waals surface area contributed by atoms with Gasteiger partial charge < -0.3 is 0 Å². The second-order valence-electron chi connectivity index (χ2n) is 3.20. The van der Waals surface area contributed by atoms with E-state index in [-0.39, 0.29) is 5.91 Å². The summed E-state index contributed by atoms with van der Waals surface area (Å²) in [6, 6.07) is 12.9. The first kappa shape index (κ1) is 10.8. The molecule has 0 aliphatic heterocycles. The topological polar surface area (TPSA) is 33.0 Å². The Hall–Kier alpha value is -1.68. The van der Waals surface area contributed by atoms with E-state index in [0.29, 0.717) is 5.56 Å². The van der Waals surface area contributed by atoms with Crippen LogP contribution in [-0.4, -0.2) is 5.91 Å². The molecule has 0 fully saturated rings. The van der Waals surface area contributed by atoms with Crippen LogP contribution in [0.4, 0.5) is 0 Å². The van der Waals surface area contributed by atoms with Crippen molar-refractivity contribution < 1.29 is 9.47 Å². The fraction of sp³-hybridized carbons (Fsp3) is 0. The Morgan fingerprint density at radius 1 is 1.06 bits per heavy atom. The minimum Gasteiger partial charge on any atom is -0.263 e. The van der Waals surface area contributed by atoms with Gasteiger partial charge in [0.1, 0.15) is 0 Å². The van der Waals surface area contributed by atoms with Gasteiger partial charge in [-0.25, -0.2) is 0 Å². The van der Waals surface area contributed by atoms with Crippen molar-refractivity contribution in [2.75, 3.05) is 5.43 Å². The molecule has 1 aromatic heterocycles. The van der Waals surface area contributed by atoms with E-state index >= 15 is 0 Å². The van der Waals surface area contributed by atoms with Crippen LogP contribution in [0.2, 0.25) is 0 Å². The molecular weight excluding hydrogens is 268 g/mol. The molecule has 1 N–H and O–H groups in total. The molecule has 1 amide bonds. The van der Waals surface area contributed by atoms with Gasteiger partial charge in [-0.3, -0.25) is 4.79 Å². The normalized spacial score (nSPS) is 9.81. The molecule has 4 heteroatoms. The first-order valence-corrected chi connectivity index (χ1v) is 5.59. The van der Waals surface area contributed by atoms with Gasteiger partial charge >= 0.3 is 5.91 Å². The fourth-order valence-corrected chi connectivity index (χ4v) is 1.76. The lowest BCUT2D eigenvalue weighted by atomic mass is 10.2. The van der Waals surface area contributed by atoms with Gasteiger partial charge in [-0.1, -0.05) is 22.9 Å². The smallest absolute Gasteiger partial charge is 0.263 e. The number of carbonyl (C=O) groups excluding carboxylic acids is 1. The highest BCUT2D eigenvalue weighted by atomic mass is 79.9. The molecule has 0 aliphatic carbocycles. The van der Waals surface area contributed by atoms with Gasteiger partial charge in [0.15, 0.2) is 12.4 Å². The molecule has 0 atom stereocenters. The lowest BCUT2D eigenvalue weighted by molar-refractivity contribution is -0.641. The Kier molecular flexibility index (Phi) is 3.31. The zero-order chi connectivity index (χ0) is 11.4. The van der Waals surface area contributed by atoms with Crippen LogP contribution in [0.1, 0.15) is 10.4 Å². The minimum atomic E-state index is -0.149. The Bertz CT molecular complexity index is 499. The second-order valence-corrected chi connectivity index (χ2v) is 4.06. The maximum atomic E-state index is 11.9. The molecule has 0 saturated heterocycles. The number of benzene rings is 1. The molecule has 2 aromatic rings. The Morgan fingerprint density at radius 3 is 2.44 bits per heavy atom. The van der Waals surface area contributed by atoms with Gasteiger partial charge in [0.05, 0.1) is 5.56 Å². The molecule has 0 radical (unpaired) electrons. The highest BCUT2D eigenvalue weighted by Gasteiger charge is 2.12. The summed E-state index contributed by atoms with van der Waals surface area (Å²) >= 11 is 3.34. The Balaban J connectivity index is 2.19. The molecule has 2 rings (SSSR count). The maximum Gasteiger partial charge on any atom is 0.306 e. The number of carbonyl (C=O) groups is 1. The van der Waals surface area contributed by atoms with Crippen LogP contribution in [0.25, 0.3) is 0 Å². The van der Waals surface area contributed by atoms with Crippen molar-refractivity contribution in [1.82, 2.24) is 0 Å². The molecule has 3 nitrogen and oxygen atoms in total. The molecule has 0 spiro atoms. The van der Waals surface area contributed by atoms with Crippen molar-refractivity contribution >= 4 is 21.8 Å². The average Bonchev–Trinajstić information content (AvgIpc) is 2.31. The van der Waals surface area contributed by atoms with E-state index in [0.717, 1.165) is 4.47 Å². The minimum absolute atomic E-state index is 0.149. The molecule has 80 valence electrons. The molecule has 0 unspecified atom stereocenters. The summed E-state index contributed by atoms with van der Waals surface area (Å²) in [5.41, 5.74) is 3.36. The molecule has 0 aliphatic rings. The van der Waals surface area contributed by atoms with Crippen LogP contribution in [-0.2, 0) is 0 Å². The lowest BCUT2D eigenvalue weighted by Gasteiger charge is -2.01. The van der Waals surface area contributed by atoms with Crippen molar-refractivity contribution in [3.05, 3.63) is 64.9 Å². The third-order valence-corrected chi connectivity index (χ3v) is 2.76. The van der Waals surface area contributed by atoms with E-state index in [2.05, 4.69) is 21.4 Å². The SMILES string of the molecule is O=C(N[n+]1ccccc1)c1ccccc1Br. The number of nitrogens with zero attached hydrogens (tertiary/aromatic N) is 1. The predicted octanol–water partition coefficient (Wildman–Crippen LogP) is 2.12. The van der Waals surface area contributed by atoms with E-state index in [9.17, 15) is 4.79 Å². The van der Waals surface area contributed by atoms with E-state index < -0.39 is 0 Å². The predicted molar refractivity (Wildman–Crippen MR) is 64.5 cm³/mol. The number of pyridine rings is 1. The van der Waals surface area contributed by atoms with Crippen molar-refractivity contribution in [3.8, 4) is 0 Å². The number of hydrogen-bond donors (Lipinski definition) is 1. The Morgan fingerprint density at radius 2 is 1.75 bits per heavy atom. The number of amides is 1. The molecular formula is C12H10BrN2O+. The van der Waals surface area contributed by atoms with E-state index in [1.54, 1.807) is 23.1 Å². The molecule has 1 aromatic carbocycles. The van der Waals surface area contributed by atoms with Gasteiger partial charge in [-0.05, 0) is 28.1 Å². The molecule has 0 bridgehead atoms. The van der Waals surface area contributed by atoms with E-state index in [1.165, 1.54) is 0 Å². The fourth-order valence-electron chi connectivity index (χ4n) is 1.30. The van der Waals surface area contributed by atoms with Gasteiger partial charge in [-0.2, -0.15) is 0 Å². The van der Waals surface area contributed by atoms with Crippen LogP contribution in [0.5, 0.6) is 0 Å². The number of nitrogens with one attached hydrogen (secondary N) is 1. The number of halogens is 1. The molecule has 1 heterocycles. The summed E-state index contributed by atoms with van der Waals surface area (Å²) in [6.07, 6.45) is 3.55. The number of hydrogen-bond acceptors (Lipinski definition) is 1. The summed E-state index contributed by atoms with van der Waals surface area (Å²) in [4.78, 5) is 11.9. The van der Waals surface area contributed by atoms with E-state index in [1.807, 2.05) is 36.4 Å². The zero-order valence-corrected chi connectivity index (χ0v) is 10.0. The highest BCUT2D eigenvalue weighted by molar-refractivity contribution is 9.10. The van der Waals surface area contributed by atoms with Crippen LogP contribution in [0, 0.1) is 0 Å². The van der Waals surface area contributed by atoms with Crippen LogP contribution < -0.4 is 10.1 Å². The standard InChI is InChI=1S/C12H9BrN2O/c13-11-7-3-2-6-10(11)12(16)14-15-8-4-1-5-9-15/h1-9H/p+1. The van der Waals surface area contributed by atoms with Crippen molar-refractivity contribution in [1.29, 1.82) is 0 Å². The van der Waals surface area contributed by atoms with Crippen molar-refractivity contribution in [2.24, 2.45) is 0 Å². The quantitative estimate of drug-likeness (QED) is 0.839. The first-order valence-electron chi connectivity index (χ1n) is 4.79. The summed E-state index contributed by atoms with van der Waals surface area (Å²) < 4.78 is 2.39. The largest absolute Gasteiger partial charge is 0.306 e. The molecule has 0 saturated carbocycles. The van der Waals surface area contributed by atoms with Gasteiger partial charge in [0.25, 0.3) is 0 Å². The summed E-state index contributed by atoms with van der Waals surface area (Å²) in [7, 11) is 0. The van der Waals surface area contributed by atoms with Crippen LogP contribution >= 0.6 is 15.9 Å². The first-order chi connectivity index (χ1) is 7.77. The Labute approximate surface area is 102 Å². The average molecular weight is 278 g/mol. The van der Waals surface area contributed by atoms with Crippen molar-refractivity contribution in [3.63, 3.8) is 0 Å². The van der Waals surface area contributed by atoms with Gasteiger partial charge in [-0.15, -0.1) is 5.43 Å². The van der Waals surface area contributed by atoms with Gasteiger partial charge in [0, 0.05) is 16.6 Å². The van der Waals surface area contributed by atoms with Gasteiger partial charge in [0.2, 0.25) is 0 Å². The summed E-state index contributed by atoms with van der Waals surface area (Å²) in [5, 5.41) is 0. The van der Waals surface area contributed by atoms with Crippen molar-refractivity contribution in [2.45, 2.75) is 0 Å². The van der Waals surface area contributed by atoms with Crippen LogP contribution in [0.15, 0.2) is 59.3 Å². The van der Waals surface area contributed by atoms with Crippen LogP contribution in [0.3, 0.4) is 0 Å². The third-order valence-electron chi connectivity index (χ3n) is 2.06.